The Morgan fingerprint density at radius 2 is 1.41 bits per heavy atom. The van der Waals surface area contributed by atoms with E-state index >= 15 is 0 Å². The zero-order valence-corrected chi connectivity index (χ0v) is 29.0. The van der Waals surface area contributed by atoms with Crippen LogP contribution in [-0.2, 0) is 17.9 Å². The van der Waals surface area contributed by atoms with Gasteiger partial charge in [-0.2, -0.15) is 0 Å². The van der Waals surface area contributed by atoms with Crippen molar-refractivity contribution < 1.29 is 17.9 Å². The van der Waals surface area contributed by atoms with Crippen LogP contribution in [0.2, 0.25) is 0 Å². The summed E-state index contributed by atoms with van der Waals surface area (Å²) in [6, 6.07) is 37.9. The van der Waals surface area contributed by atoms with Crippen molar-refractivity contribution in [1.82, 2.24) is 0 Å². The van der Waals surface area contributed by atoms with Gasteiger partial charge in [0.05, 0.1) is 0 Å². The summed E-state index contributed by atoms with van der Waals surface area (Å²) in [5, 5.41) is 2.99. The first-order valence-electron chi connectivity index (χ1n) is 14.5. The van der Waals surface area contributed by atoms with Crippen LogP contribution in [0.4, 0.5) is 0 Å². The van der Waals surface area contributed by atoms with Crippen LogP contribution < -0.4 is 13.6 Å². The van der Waals surface area contributed by atoms with E-state index in [2.05, 4.69) is 130 Å². The van der Waals surface area contributed by atoms with Crippen molar-refractivity contribution in [1.29, 1.82) is 0 Å². The molecule has 0 saturated heterocycles. The van der Waals surface area contributed by atoms with Gasteiger partial charge in [-0.05, 0) is 0 Å². The van der Waals surface area contributed by atoms with E-state index in [-0.39, 0.29) is 3.63 Å². The second kappa shape index (κ2) is 10.7. The van der Waals surface area contributed by atoms with Crippen LogP contribution in [-0.4, -0.2) is 9.52 Å². The molecule has 7 rings (SSSR count). The second-order valence-corrected chi connectivity index (χ2v) is 27.4. The van der Waals surface area contributed by atoms with E-state index in [1.807, 2.05) is 0 Å². The van der Waals surface area contributed by atoms with E-state index in [1.54, 1.807) is 0 Å². The summed E-state index contributed by atoms with van der Waals surface area (Å²) in [5.74, 6) is 0. The van der Waals surface area contributed by atoms with Crippen molar-refractivity contribution in [2.45, 2.75) is 30.8 Å². The monoisotopic (exact) mass is 664 g/mol. The number of hydrogen-bond acceptors (Lipinski definition) is 0. The molecule has 1 unspecified atom stereocenters. The number of allylic oxidation sites excluding steroid dienone is 1. The fourth-order valence-corrected chi connectivity index (χ4v) is 24.2. The molecule has 0 radical (unpaired) electrons. The number of rotatable bonds is 5. The maximum atomic E-state index is 7.86. The predicted octanol–water partition coefficient (Wildman–Crippen LogP) is 8.37. The van der Waals surface area contributed by atoms with Gasteiger partial charge in [0, 0.05) is 0 Å². The Hall–Kier alpha value is -2.48. The quantitative estimate of drug-likeness (QED) is 0.162. The zero-order chi connectivity index (χ0) is 28.3. The van der Waals surface area contributed by atoms with Crippen LogP contribution in [0.1, 0.15) is 39.2 Å². The van der Waals surface area contributed by atoms with Crippen LogP contribution in [0, 0.1) is 13.8 Å². The molecule has 1 aliphatic heterocycles. The Morgan fingerprint density at radius 1 is 0.707 bits per heavy atom. The van der Waals surface area contributed by atoms with E-state index in [0.717, 1.165) is 6.42 Å². The van der Waals surface area contributed by atoms with Gasteiger partial charge >= 0.3 is 259 Å². The summed E-state index contributed by atoms with van der Waals surface area (Å²) in [6.45, 7) is 6.64. The van der Waals surface area contributed by atoms with Gasteiger partial charge in [0.25, 0.3) is 0 Å². The van der Waals surface area contributed by atoms with Gasteiger partial charge in [0.2, 0.25) is 0 Å². The van der Waals surface area contributed by atoms with E-state index in [1.165, 1.54) is 74.9 Å². The average molecular weight is 667 g/mol. The summed E-state index contributed by atoms with van der Waals surface area (Å²) in [6.07, 6.45) is 3.38. The molecule has 0 nitrogen and oxygen atoms in total. The topological polar surface area (TPSA) is 0 Å². The minimum atomic E-state index is -4.00. The van der Waals surface area contributed by atoms with Crippen LogP contribution in [0.3, 0.4) is 0 Å². The van der Waals surface area contributed by atoms with E-state index in [9.17, 15) is 0 Å². The molecule has 0 aromatic heterocycles. The number of aryl methyl sites for hydroxylation is 2. The molecule has 2 aliphatic rings. The molecule has 0 saturated carbocycles. The van der Waals surface area contributed by atoms with E-state index in [0.29, 0.717) is 0 Å². The third-order valence-electron chi connectivity index (χ3n) is 8.87. The van der Waals surface area contributed by atoms with Crippen LogP contribution in [0.15, 0.2) is 109 Å². The van der Waals surface area contributed by atoms with Gasteiger partial charge in [0.15, 0.2) is 0 Å². The van der Waals surface area contributed by atoms with E-state index in [4.69, 9.17) is 17.0 Å². The maximum absolute atomic E-state index is 7.86. The molecular weight excluding hydrogens is 635 g/mol. The first kappa shape index (κ1) is 27.4. The fraction of sp³-hybridized carbons (Fsp3) is 0.135. The Morgan fingerprint density at radius 3 is 2.17 bits per heavy atom. The van der Waals surface area contributed by atoms with E-state index < -0.39 is 27.4 Å². The van der Waals surface area contributed by atoms with Crippen LogP contribution in [0.5, 0.6) is 0 Å². The fourth-order valence-electron chi connectivity index (χ4n) is 7.16. The molecule has 1 heterocycles. The number of fused-ring (bicyclic) bond motifs is 4. The molecule has 0 fully saturated rings. The van der Waals surface area contributed by atoms with Crippen molar-refractivity contribution in [3.05, 3.63) is 131 Å². The summed E-state index contributed by atoms with van der Waals surface area (Å²) >= 11 is -4.00. The van der Waals surface area contributed by atoms with Gasteiger partial charge < -0.3 is 0 Å². The summed E-state index contributed by atoms with van der Waals surface area (Å²) < 4.78 is 1.38. The Labute approximate surface area is 257 Å². The molecule has 41 heavy (non-hydrogen) atoms. The van der Waals surface area contributed by atoms with Gasteiger partial charge in [-0.25, -0.2) is 0 Å². The SMILES string of the molecule is CCC1=Cc2c(ccc(-c3ccccc3)c2-c2cc(C)cc(C)c2)[CH]1[Zr]([Cl])([Cl])[c]1cccc2c1[SiH2]c1ccccc1-2. The molecule has 0 spiro atoms. The number of halogens is 2. The Kier molecular flexibility index (Phi) is 7.11. The summed E-state index contributed by atoms with van der Waals surface area (Å²) in [7, 11) is 15.1. The number of hydrogen-bond donors (Lipinski definition) is 0. The Balaban J connectivity index is 1.44. The molecule has 4 heteroatoms. The minimum absolute atomic E-state index is 0.0892. The van der Waals surface area contributed by atoms with Gasteiger partial charge in [0.1, 0.15) is 0 Å². The normalized spacial score (nSPS) is 15.9. The van der Waals surface area contributed by atoms with Gasteiger partial charge in [-0.1, -0.05) is 0 Å². The first-order chi connectivity index (χ1) is 19.9. The first-order valence-corrected chi connectivity index (χ1v) is 24.9. The van der Waals surface area contributed by atoms with Crippen LogP contribution in [0.25, 0.3) is 39.5 Å². The van der Waals surface area contributed by atoms with Crippen molar-refractivity contribution in [2.75, 3.05) is 0 Å². The second-order valence-electron chi connectivity index (χ2n) is 11.5. The molecule has 0 amide bonds. The molecule has 5 aromatic rings. The third kappa shape index (κ3) is 4.59. The third-order valence-corrected chi connectivity index (χ3v) is 23.2. The predicted molar refractivity (Wildman–Crippen MR) is 179 cm³/mol. The molecule has 1 aliphatic carbocycles. The van der Waals surface area contributed by atoms with Crippen molar-refractivity contribution >= 4 is 46.3 Å². The number of benzene rings is 5. The molecule has 202 valence electrons. The molecular formula is C37H32Cl2SiZr. The van der Waals surface area contributed by atoms with Crippen LogP contribution >= 0.6 is 17.0 Å². The van der Waals surface area contributed by atoms with Crippen molar-refractivity contribution in [2.24, 2.45) is 0 Å². The van der Waals surface area contributed by atoms with Crippen molar-refractivity contribution in [3.63, 3.8) is 0 Å². The zero-order valence-electron chi connectivity index (χ0n) is 23.6. The molecule has 5 aromatic carbocycles. The summed E-state index contributed by atoms with van der Waals surface area (Å²) in [4.78, 5) is 0. The Bertz CT molecular complexity index is 1840. The molecule has 0 N–H and O–H groups in total. The molecule has 0 bridgehead atoms. The van der Waals surface area contributed by atoms with Gasteiger partial charge in [-0.15, -0.1) is 0 Å². The average Bonchev–Trinajstić information content (AvgIpc) is 3.55. The standard InChI is InChI=1S/C25H23.C12H9Si.2ClH.Zr/c1-4-19-15-21-10-11-23(20-8-6-5-7-9-20)25(24(21)16-19)22-13-17(2)12-18(3)14-22;1-3-7-11-9(5-1)10-6-2-4-8-12(10)13-11;;;/h5-16H,4H2,1-3H3;1-7H,13H2;2*1H;/q;;;;+2/p-2. The van der Waals surface area contributed by atoms with Crippen molar-refractivity contribution in [3.8, 4) is 33.4 Å². The van der Waals surface area contributed by atoms with Gasteiger partial charge in [-0.3, -0.25) is 0 Å². The molecule has 1 atom stereocenters. The summed E-state index contributed by atoms with van der Waals surface area (Å²) in [5.41, 5.74) is 14.3.